The van der Waals surface area contributed by atoms with Crippen molar-refractivity contribution in [2.75, 3.05) is 18.4 Å². The highest BCUT2D eigenvalue weighted by molar-refractivity contribution is 5.79. The molecule has 1 aliphatic rings. The summed E-state index contributed by atoms with van der Waals surface area (Å²) in [6.07, 6.45) is 1.99. The zero-order valence-electron chi connectivity index (χ0n) is 14.3. The molecule has 1 fully saturated rings. The van der Waals surface area contributed by atoms with E-state index in [1.54, 1.807) is 11.8 Å². The summed E-state index contributed by atoms with van der Waals surface area (Å²) in [5.74, 6) is -1.07. The lowest BCUT2D eigenvalue weighted by atomic mass is 10.0. The Morgan fingerprint density at radius 1 is 1.36 bits per heavy atom. The number of hydrogen-bond acceptors (Lipinski definition) is 4. The third-order valence-electron chi connectivity index (χ3n) is 4.57. The number of hydrogen-bond donors (Lipinski definition) is 1. The number of piperidine rings is 1. The van der Waals surface area contributed by atoms with Gasteiger partial charge in [-0.1, -0.05) is 5.16 Å². The average Bonchev–Trinajstić information content (AvgIpc) is 2.90. The molecule has 0 radical (unpaired) electrons. The second-order valence-electron chi connectivity index (χ2n) is 6.43. The van der Waals surface area contributed by atoms with Crippen molar-refractivity contribution in [1.29, 1.82) is 0 Å². The number of amides is 1. The first-order valence-electron chi connectivity index (χ1n) is 8.35. The van der Waals surface area contributed by atoms with Crippen LogP contribution in [0.3, 0.4) is 0 Å². The van der Waals surface area contributed by atoms with Gasteiger partial charge in [-0.3, -0.25) is 4.79 Å². The van der Waals surface area contributed by atoms with Crippen molar-refractivity contribution in [3.8, 4) is 0 Å². The summed E-state index contributed by atoms with van der Waals surface area (Å²) in [5, 5.41) is 7.06. The Kier molecular flexibility index (Phi) is 5.01. The molecule has 2 aromatic rings. The van der Waals surface area contributed by atoms with Crippen LogP contribution < -0.4 is 5.32 Å². The minimum atomic E-state index is -0.882. The number of likely N-dealkylation sites (tertiary alicyclic amines) is 1. The number of anilines is 1. The van der Waals surface area contributed by atoms with Gasteiger partial charge in [0.15, 0.2) is 11.6 Å². The van der Waals surface area contributed by atoms with Crippen molar-refractivity contribution >= 4 is 11.6 Å². The van der Waals surface area contributed by atoms with Crippen LogP contribution in [-0.2, 0) is 11.2 Å². The van der Waals surface area contributed by atoms with Crippen molar-refractivity contribution in [1.82, 2.24) is 10.1 Å². The molecule has 1 amide bonds. The molecule has 0 bridgehead atoms. The third-order valence-corrected chi connectivity index (χ3v) is 4.57. The molecule has 3 rings (SSSR count). The number of rotatable bonds is 4. The van der Waals surface area contributed by atoms with Crippen LogP contribution in [0.2, 0.25) is 0 Å². The van der Waals surface area contributed by atoms with E-state index in [2.05, 4.69) is 10.5 Å². The quantitative estimate of drug-likeness (QED) is 0.921. The molecule has 2 heterocycles. The number of halogens is 2. The zero-order chi connectivity index (χ0) is 18.0. The second kappa shape index (κ2) is 7.21. The molecule has 0 aliphatic carbocycles. The van der Waals surface area contributed by atoms with E-state index in [-0.39, 0.29) is 18.4 Å². The highest BCUT2D eigenvalue weighted by Crippen LogP contribution is 2.20. The minimum Gasteiger partial charge on any atom is -0.380 e. The lowest BCUT2D eigenvalue weighted by molar-refractivity contribution is -0.131. The molecule has 7 heteroatoms. The van der Waals surface area contributed by atoms with Crippen LogP contribution in [0.15, 0.2) is 22.7 Å². The maximum atomic E-state index is 13.3. The Bertz CT molecular complexity index is 756. The van der Waals surface area contributed by atoms with Gasteiger partial charge >= 0.3 is 0 Å². The third kappa shape index (κ3) is 3.97. The molecular weight excluding hydrogens is 328 g/mol. The van der Waals surface area contributed by atoms with E-state index in [1.807, 2.05) is 6.92 Å². The molecule has 1 atom stereocenters. The summed E-state index contributed by atoms with van der Waals surface area (Å²) in [6, 6.07) is 3.75. The van der Waals surface area contributed by atoms with E-state index in [1.165, 1.54) is 6.07 Å². The van der Waals surface area contributed by atoms with Crippen molar-refractivity contribution in [2.45, 2.75) is 39.2 Å². The molecule has 25 heavy (non-hydrogen) atoms. The smallest absolute Gasteiger partial charge is 0.227 e. The molecule has 1 saturated heterocycles. The van der Waals surface area contributed by atoms with Crippen molar-refractivity contribution in [2.24, 2.45) is 0 Å². The first-order chi connectivity index (χ1) is 11.9. The number of nitrogens with zero attached hydrogens (tertiary/aromatic N) is 2. The summed E-state index contributed by atoms with van der Waals surface area (Å²) >= 11 is 0. The average molecular weight is 349 g/mol. The van der Waals surface area contributed by atoms with E-state index in [9.17, 15) is 13.6 Å². The van der Waals surface area contributed by atoms with E-state index in [0.717, 1.165) is 36.2 Å². The molecule has 5 nitrogen and oxygen atoms in total. The Labute approximate surface area is 145 Å². The SMILES string of the molecule is Cc1noc(C)c1CC(=O)N1CCC[C@@H](Nc2ccc(F)c(F)c2)C1. The van der Waals surface area contributed by atoms with Crippen molar-refractivity contribution in [3.05, 3.63) is 46.9 Å². The molecule has 134 valence electrons. The minimum absolute atomic E-state index is 0.00669. The normalized spacial score (nSPS) is 17.6. The number of carbonyl (C=O) groups excluding carboxylic acids is 1. The first-order valence-corrected chi connectivity index (χ1v) is 8.35. The van der Waals surface area contributed by atoms with E-state index >= 15 is 0 Å². The highest BCUT2D eigenvalue weighted by Gasteiger charge is 2.25. The topological polar surface area (TPSA) is 58.4 Å². The fourth-order valence-corrected chi connectivity index (χ4v) is 3.16. The van der Waals surface area contributed by atoms with Crippen LogP contribution in [-0.4, -0.2) is 35.1 Å². The van der Waals surface area contributed by atoms with Crippen LogP contribution >= 0.6 is 0 Å². The summed E-state index contributed by atoms with van der Waals surface area (Å²) in [5.41, 5.74) is 2.09. The summed E-state index contributed by atoms with van der Waals surface area (Å²) in [6.45, 7) is 4.84. The molecule has 1 aliphatic heterocycles. The van der Waals surface area contributed by atoms with Crippen LogP contribution in [0, 0.1) is 25.5 Å². The van der Waals surface area contributed by atoms with Gasteiger partial charge in [0.05, 0.1) is 12.1 Å². The largest absolute Gasteiger partial charge is 0.380 e. The fourth-order valence-electron chi connectivity index (χ4n) is 3.16. The van der Waals surface area contributed by atoms with Gasteiger partial charge in [0.2, 0.25) is 5.91 Å². The Hall–Kier alpha value is -2.44. The summed E-state index contributed by atoms with van der Waals surface area (Å²) in [7, 11) is 0. The number of benzene rings is 1. The molecule has 0 saturated carbocycles. The number of carbonyl (C=O) groups is 1. The van der Waals surface area contributed by atoms with E-state index in [0.29, 0.717) is 24.5 Å². The second-order valence-corrected chi connectivity index (χ2v) is 6.43. The summed E-state index contributed by atoms with van der Waals surface area (Å²) < 4.78 is 31.5. The van der Waals surface area contributed by atoms with Crippen LogP contribution in [0.4, 0.5) is 14.5 Å². The monoisotopic (exact) mass is 349 g/mol. The lowest BCUT2D eigenvalue weighted by Crippen LogP contribution is -2.45. The molecule has 0 spiro atoms. The molecular formula is C18H21F2N3O2. The summed E-state index contributed by atoms with van der Waals surface area (Å²) in [4.78, 5) is 14.4. The van der Waals surface area contributed by atoms with Gasteiger partial charge in [0.1, 0.15) is 5.76 Å². The fraction of sp³-hybridized carbons (Fsp3) is 0.444. The zero-order valence-corrected chi connectivity index (χ0v) is 14.3. The number of aryl methyl sites for hydroxylation is 2. The van der Waals surface area contributed by atoms with Gasteiger partial charge in [-0.05, 0) is 38.8 Å². The molecule has 1 aromatic carbocycles. The van der Waals surface area contributed by atoms with E-state index in [4.69, 9.17) is 4.52 Å². The van der Waals surface area contributed by atoms with Gasteiger partial charge in [-0.2, -0.15) is 0 Å². The Morgan fingerprint density at radius 3 is 2.84 bits per heavy atom. The van der Waals surface area contributed by atoms with Crippen LogP contribution in [0.5, 0.6) is 0 Å². The maximum Gasteiger partial charge on any atom is 0.227 e. The van der Waals surface area contributed by atoms with Gasteiger partial charge in [0, 0.05) is 36.4 Å². The van der Waals surface area contributed by atoms with Gasteiger partial charge in [-0.15, -0.1) is 0 Å². The highest BCUT2D eigenvalue weighted by atomic mass is 19.2. The first kappa shape index (κ1) is 17.4. The van der Waals surface area contributed by atoms with Crippen molar-refractivity contribution < 1.29 is 18.1 Å². The molecule has 1 aromatic heterocycles. The standard InChI is InChI=1S/C18H21F2N3O2/c1-11-15(12(2)25-22-11)9-18(24)23-7-3-4-14(10-23)21-13-5-6-16(19)17(20)8-13/h5-6,8,14,21H,3-4,7,9-10H2,1-2H3/t14-/m1/s1. The molecule has 1 N–H and O–H groups in total. The maximum absolute atomic E-state index is 13.3. The number of nitrogens with one attached hydrogen (secondary N) is 1. The van der Waals surface area contributed by atoms with Gasteiger partial charge < -0.3 is 14.7 Å². The van der Waals surface area contributed by atoms with E-state index < -0.39 is 11.6 Å². The predicted octanol–water partition coefficient (Wildman–Crippen LogP) is 3.22. The Morgan fingerprint density at radius 2 is 2.16 bits per heavy atom. The Balaban J connectivity index is 1.62. The van der Waals surface area contributed by atoms with Gasteiger partial charge in [0.25, 0.3) is 0 Å². The van der Waals surface area contributed by atoms with Crippen molar-refractivity contribution in [3.63, 3.8) is 0 Å². The lowest BCUT2D eigenvalue weighted by Gasteiger charge is -2.33. The van der Waals surface area contributed by atoms with Crippen LogP contribution in [0.1, 0.15) is 29.9 Å². The number of aromatic nitrogens is 1. The predicted molar refractivity (Wildman–Crippen MR) is 89.3 cm³/mol. The van der Waals surface area contributed by atoms with Crippen LogP contribution in [0.25, 0.3) is 0 Å². The van der Waals surface area contributed by atoms with Gasteiger partial charge in [-0.25, -0.2) is 8.78 Å². The molecule has 0 unspecified atom stereocenters.